The normalized spacial score (nSPS) is 11.6. The van der Waals surface area contributed by atoms with Crippen molar-refractivity contribution in [3.8, 4) is 11.1 Å². The summed E-state index contributed by atoms with van der Waals surface area (Å²) in [6, 6.07) is 8.52. The predicted octanol–water partition coefficient (Wildman–Crippen LogP) is 4.00. The monoisotopic (exact) mass is 270 g/mol. The van der Waals surface area contributed by atoms with Crippen LogP contribution in [0, 0.1) is 5.82 Å². The van der Waals surface area contributed by atoms with E-state index in [1.54, 1.807) is 6.07 Å². The van der Waals surface area contributed by atoms with E-state index in [0.717, 1.165) is 12.1 Å². The van der Waals surface area contributed by atoms with Crippen LogP contribution in [-0.2, 0) is 12.8 Å². The molecule has 0 spiro atoms. The molecule has 0 unspecified atom stereocenters. The Labute approximate surface area is 107 Å². The lowest BCUT2D eigenvalue weighted by Gasteiger charge is -2.12. The molecule has 5 heteroatoms. The van der Waals surface area contributed by atoms with Crippen LogP contribution in [0.1, 0.15) is 11.1 Å². The van der Waals surface area contributed by atoms with Crippen LogP contribution in [0.2, 0.25) is 0 Å². The summed E-state index contributed by atoms with van der Waals surface area (Å²) in [6.07, 6.45) is -4.47. The van der Waals surface area contributed by atoms with Gasteiger partial charge in [-0.3, -0.25) is 0 Å². The highest BCUT2D eigenvalue weighted by atomic mass is 19.4. The van der Waals surface area contributed by atoms with Crippen LogP contribution in [0.15, 0.2) is 42.5 Å². The minimum absolute atomic E-state index is 0.112. The molecule has 0 aromatic heterocycles. The van der Waals surface area contributed by atoms with Crippen molar-refractivity contribution in [1.29, 1.82) is 0 Å². The van der Waals surface area contributed by atoms with Gasteiger partial charge in [-0.25, -0.2) is 4.39 Å². The van der Waals surface area contributed by atoms with Crippen LogP contribution in [0.5, 0.6) is 0 Å². The molecule has 0 amide bonds. The van der Waals surface area contributed by atoms with Crippen LogP contribution in [0.4, 0.5) is 17.6 Å². The van der Waals surface area contributed by atoms with Crippen LogP contribution < -0.4 is 0 Å². The summed E-state index contributed by atoms with van der Waals surface area (Å²) in [5.41, 5.74) is 0.0879. The summed E-state index contributed by atoms with van der Waals surface area (Å²) in [7, 11) is 0. The van der Waals surface area contributed by atoms with E-state index in [-0.39, 0.29) is 5.56 Å². The van der Waals surface area contributed by atoms with Crippen LogP contribution >= 0.6 is 0 Å². The van der Waals surface area contributed by atoms with Gasteiger partial charge >= 0.3 is 6.18 Å². The standard InChI is InChI=1S/C14H10F4O/c15-12-3-1-2-9(7-12)13-5-4-11(14(16,17)18)6-10(13)8-19/h1-7,19H,8H2. The van der Waals surface area contributed by atoms with Gasteiger partial charge in [-0.05, 0) is 41.0 Å². The van der Waals surface area contributed by atoms with Gasteiger partial charge in [0.15, 0.2) is 0 Å². The lowest BCUT2D eigenvalue weighted by molar-refractivity contribution is -0.137. The average Bonchev–Trinajstić information content (AvgIpc) is 2.37. The van der Waals surface area contributed by atoms with Gasteiger partial charge in [0.25, 0.3) is 0 Å². The van der Waals surface area contributed by atoms with Crippen molar-refractivity contribution < 1.29 is 22.7 Å². The summed E-state index contributed by atoms with van der Waals surface area (Å²) in [5.74, 6) is -0.485. The van der Waals surface area contributed by atoms with Crippen molar-refractivity contribution in [2.24, 2.45) is 0 Å². The van der Waals surface area contributed by atoms with Gasteiger partial charge in [-0.15, -0.1) is 0 Å². The van der Waals surface area contributed by atoms with Gasteiger partial charge in [0, 0.05) is 0 Å². The minimum Gasteiger partial charge on any atom is -0.392 e. The average molecular weight is 270 g/mol. The van der Waals surface area contributed by atoms with Gasteiger partial charge < -0.3 is 5.11 Å². The molecule has 0 bridgehead atoms. The first-order chi connectivity index (χ1) is 8.91. The maximum absolute atomic E-state index is 13.1. The zero-order chi connectivity index (χ0) is 14.0. The highest BCUT2D eigenvalue weighted by Gasteiger charge is 2.30. The second-order valence-corrected chi connectivity index (χ2v) is 4.04. The van der Waals surface area contributed by atoms with E-state index in [9.17, 15) is 22.7 Å². The molecule has 0 radical (unpaired) electrons. The zero-order valence-electron chi connectivity index (χ0n) is 9.71. The van der Waals surface area contributed by atoms with E-state index in [1.165, 1.54) is 24.3 Å². The number of hydrogen-bond acceptors (Lipinski definition) is 1. The lowest BCUT2D eigenvalue weighted by Crippen LogP contribution is -2.06. The fourth-order valence-electron chi connectivity index (χ4n) is 1.84. The quantitative estimate of drug-likeness (QED) is 0.818. The van der Waals surface area contributed by atoms with Crippen molar-refractivity contribution >= 4 is 0 Å². The summed E-state index contributed by atoms with van der Waals surface area (Å²) < 4.78 is 50.8. The Morgan fingerprint density at radius 1 is 1.00 bits per heavy atom. The highest BCUT2D eigenvalue weighted by molar-refractivity contribution is 5.67. The van der Waals surface area contributed by atoms with Gasteiger partial charge in [-0.2, -0.15) is 13.2 Å². The van der Waals surface area contributed by atoms with Crippen molar-refractivity contribution in [1.82, 2.24) is 0 Å². The first-order valence-corrected chi connectivity index (χ1v) is 5.49. The number of alkyl halides is 3. The SMILES string of the molecule is OCc1cc(C(F)(F)F)ccc1-c1cccc(F)c1. The minimum atomic E-state index is -4.47. The Hall–Kier alpha value is -1.88. The van der Waals surface area contributed by atoms with E-state index in [2.05, 4.69) is 0 Å². The van der Waals surface area contributed by atoms with E-state index < -0.39 is 24.2 Å². The van der Waals surface area contributed by atoms with Gasteiger partial charge in [0.2, 0.25) is 0 Å². The number of benzene rings is 2. The van der Waals surface area contributed by atoms with Gasteiger partial charge in [0.1, 0.15) is 5.82 Å². The number of rotatable bonds is 2. The number of aliphatic hydroxyl groups excluding tert-OH is 1. The first kappa shape index (κ1) is 13.5. The molecule has 1 N–H and O–H groups in total. The molecule has 0 aliphatic carbocycles. The Morgan fingerprint density at radius 3 is 2.32 bits per heavy atom. The van der Waals surface area contributed by atoms with Crippen molar-refractivity contribution in [2.75, 3.05) is 0 Å². The van der Waals surface area contributed by atoms with E-state index >= 15 is 0 Å². The van der Waals surface area contributed by atoms with Crippen LogP contribution in [0.25, 0.3) is 11.1 Å². The molecule has 2 aromatic carbocycles. The summed E-state index contributed by atoms with van der Waals surface area (Å²) in [5, 5.41) is 9.18. The van der Waals surface area contributed by atoms with Gasteiger partial charge in [-0.1, -0.05) is 18.2 Å². The Bertz CT molecular complexity index is 590. The molecule has 0 saturated heterocycles. The molecule has 1 nitrogen and oxygen atoms in total. The fraction of sp³-hybridized carbons (Fsp3) is 0.143. The zero-order valence-corrected chi connectivity index (χ0v) is 9.71. The molecule has 0 heterocycles. The summed E-state index contributed by atoms with van der Waals surface area (Å²) in [6.45, 7) is -0.546. The molecule has 0 saturated carbocycles. The molecule has 0 atom stereocenters. The molecule has 2 rings (SSSR count). The second-order valence-electron chi connectivity index (χ2n) is 4.04. The summed E-state index contributed by atoms with van der Waals surface area (Å²) >= 11 is 0. The molecule has 2 aromatic rings. The maximum Gasteiger partial charge on any atom is 0.416 e. The van der Waals surface area contributed by atoms with Gasteiger partial charge in [0.05, 0.1) is 12.2 Å². The first-order valence-electron chi connectivity index (χ1n) is 5.49. The highest BCUT2D eigenvalue weighted by Crippen LogP contribution is 2.33. The third-order valence-corrected chi connectivity index (χ3v) is 2.74. The molecular weight excluding hydrogens is 260 g/mol. The fourth-order valence-corrected chi connectivity index (χ4v) is 1.84. The van der Waals surface area contributed by atoms with E-state index in [4.69, 9.17) is 0 Å². The second kappa shape index (κ2) is 5.01. The molecule has 19 heavy (non-hydrogen) atoms. The van der Waals surface area contributed by atoms with Crippen molar-refractivity contribution in [3.05, 3.63) is 59.4 Å². The smallest absolute Gasteiger partial charge is 0.392 e. The third-order valence-electron chi connectivity index (χ3n) is 2.74. The number of aliphatic hydroxyl groups is 1. The van der Waals surface area contributed by atoms with Crippen LogP contribution in [-0.4, -0.2) is 5.11 Å². The Balaban J connectivity index is 2.53. The Kier molecular flexibility index (Phi) is 3.57. The molecule has 0 aliphatic heterocycles. The molecule has 100 valence electrons. The lowest BCUT2D eigenvalue weighted by atomic mass is 9.97. The van der Waals surface area contributed by atoms with E-state index in [1.807, 2.05) is 0 Å². The van der Waals surface area contributed by atoms with E-state index in [0.29, 0.717) is 11.1 Å². The van der Waals surface area contributed by atoms with Crippen molar-refractivity contribution in [3.63, 3.8) is 0 Å². The maximum atomic E-state index is 13.1. The Morgan fingerprint density at radius 2 is 1.74 bits per heavy atom. The largest absolute Gasteiger partial charge is 0.416 e. The molecule has 0 fully saturated rings. The predicted molar refractivity (Wildman–Crippen MR) is 62.8 cm³/mol. The summed E-state index contributed by atoms with van der Waals surface area (Å²) in [4.78, 5) is 0. The number of halogens is 4. The van der Waals surface area contributed by atoms with Crippen LogP contribution in [0.3, 0.4) is 0 Å². The number of hydrogen-bond donors (Lipinski definition) is 1. The molecule has 0 aliphatic rings. The molecular formula is C14H10F4O. The topological polar surface area (TPSA) is 20.2 Å². The van der Waals surface area contributed by atoms with Crippen molar-refractivity contribution in [2.45, 2.75) is 12.8 Å². The third kappa shape index (κ3) is 2.93.